The minimum atomic E-state index is 0.306. The van der Waals surface area contributed by atoms with E-state index in [0.29, 0.717) is 11.9 Å². The van der Waals surface area contributed by atoms with Crippen LogP contribution in [-0.2, 0) is 0 Å². The Morgan fingerprint density at radius 1 is 1.44 bits per heavy atom. The second-order valence-corrected chi connectivity index (χ2v) is 4.96. The number of fused-ring (bicyclic) bond motifs is 1. The van der Waals surface area contributed by atoms with Gasteiger partial charge in [0, 0.05) is 6.42 Å². The summed E-state index contributed by atoms with van der Waals surface area (Å²) in [4.78, 5) is 4.56. The normalized spacial score (nSPS) is 20.4. The predicted octanol–water partition coefficient (Wildman–Crippen LogP) is 2.17. The molecule has 0 saturated heterocycles. The molecule has 82 valence electrons. The fourth-order valence-corrected chi connectivity index (χ4v) is 2.88. The third-order valence-electron chi connectivity index (χ3n) is 2.64. The highest BCUT2D eigenvalue weighted by Crippen LogP contribution is 2.31. The lowest BCUT2D eigenvalue weighted by atomic mass is 10.2. The number of hydrogen-bond acceptors (Lipinski definition) is 5. The number of hydrogen-bond donors (Lipinski definition) is 1. The molecular formula is C11H12N4S. The van der Waals surface area contributed by atoms with Gasteiger partial charge in [-0.1, -0.05) is 23.5 Å². The van der Waals surface area contributed by atoms with E-state index in [1.54, 1.807) is 11.3 Å². The lowest BCUT2D eigenvalue weighted by molar-refractivity contribution is 0.721. The van der Waals surface area contributed by atoms with E-state index in [-0.39, 0.29) is 0 Å². The molecule has 2 N–H and O–H groups in total. The topological polar surface area (TPSA) is 54.5 Å². The fourth-order valence-electron chi connectivity index (χ4n) is 1.86. The molecule has 4 nitrogen and oxygen atoms in total. The van der Waals surface area contributed by atoms with E-state index in [9.17, 15) is 0 Å². The number of aromatic nitrogens is 1. The largest absolute Gasteiger partial charge is 0.386 e. The molecule has 0 radical (unpaired) electrons. The highest BCUT2D eigenvalue weighted by atomic mass is 32.1. The van der Waals surface area contributed by atoms with E-state index in [2.05, 4.69) is 23.1 Å². The molecule has 0 fully saturated rings. The van der Waals surface area contributed by atoms with Crippen molar-refractivity contribution in [2.45, 2.75) is 19.4 Å². The van der Waals surface area contributed by atoms with Crippen molar-refractivity contribution in [1.29, 1.82) is 0 Å². The molecular weight excluding hydrogens is 220 g/mol. The van der Waals surface area contributed by atoms with Gasteiger partial charge in [-0.05, 0) is 19.1 Å². The molecule has 2 aromatic rings. The number of amidine groups is 1. The van der Waals surface area contributed by atoms with Crippen LogP contribution < -0.4 is 10.7 Å². The molecule has 0 bridgehead atoms. The van der Waals surface area contributed by atoms with Gasteiger partial charge in [0.15, 0.2) is 0 Å². The van der Waals surface area contributed by atoms with Crippen LogP contribution in [0.1, 0.15) is 13.3 Å². The van der Waals surface area contributed by atoms with Crippen molar-refractivity contribution in [2.75, 3.05) is 5.01 Å². The zero-order valence-electron chi connectivity index (χ0n) is 8.92. The number of para-hydroxylation sites is 1. The summed E-state index contributed by atoms with van der Waals surface area (Å²) in [5.41, 5.74) is 6.76. The van der Waals surface area contributed by atoms with Crippen LogP contribution in [0.5, 0.6) is 0 Å². The molecule has 3 rings (SSSR count). The molecule has 0 spiro atoms. The average Bonchev–Trinajstić information content (AvgIpc) is 2.81. The molecule has 1 aliphatic rings. The van der Waals surface area contributed by atoms with E-state index in [1.807, 2.05) is 23.2 Å². The van der Waals surface area contributed by atoms with Crippen LogP contribution in [0.25, 0.3) is 10.2 Å². The Kier molecular flexibility index (Phi) is 2.07. The molecule has 2 heterocycles. The summed E-state index contributed by atoms with van der Waals surface area (Å²) in [6, 6.07) is 8.42. The van der Waals surface area contributed by atoms with Crippen LogP contribution in [-0.4, -0.2) is 16.9 Å². The van der Waals surface area contributed by atoms with Crippen LogP contribution in [0.4, 0.5) is 5.13 Å². The van der Waals surface area contributed by atoms with Gasteiger partial charge in [-0.2, -0.15) is 5.10 Å². The standard InChI is InChI=1S/C11H12N4S/c1-7-6-10(12)14-15(7)11-13-8-4-2-3-5-9(8)16-11/h2-5,7H,6H2,1H3,(H2,12,14)/t7-/m0/s1. The Bertz CT molecular complexity index is 527. The van der Waals surface area contributed by atoms with Gasteiger partial charge in [0.25, 0.3) is 0 Å². The van der Waals surface area contributed by atoms with Gasteiger partial charge in [0.2, 0.25) is 5.13 Å². The van der Waals surface area contributed by atoms with Crippen molar-refractivity contribution < 1.29 is 0 Å². The van der Waals surface area contributed by atoms with Crippen molar-refractivity contribution >= 4 is 32.5 Å². The zero-order chi connectivity index (χ0) is 11.1. The number of benzene rings is 1. The first-order valence-corrected chi connectivity index (χ1v) is 6.03. The summed E-state index contributed by atoms with van der Waals surface area (Å²) >= 11 is 1.65. The summed E-state index contributed by atoms with van der Waals surface area (Å²) in [6.45, 7) is 2.11. The first-order chi connectivity index (χ1) is 7.74. The molecule has 1 aromatic carbocycles. The Morgan fingerprint density at radius 2 is 2.25 bits per heavy atom. The maximum atomic E-state index is 5.73. The van der Waals surface area contributed by atoms with Gasteiger partial charge in [-0.25, -0.2) is 9.99 Å². The number of nitrogens with zero attached hydrogens (tertiary/aromatic N) is 3. The number of anilines is 1. The third kappa shape index (κ3) is 1.44. The van der Waals surface area contributed by atoms with Crippen molar-refractivity contribution in [1.82, 2.24) is 4.98 Å². The minimum absolute atomic E-state index is 0.306. The van der Waals surface area contributed by atoms with Crippen LogP contribution in [0.2, 0.25) is 0 Å². The van der Waals surface area contributed by atoms with Crippen LogP contribution >= 0.6 is 11.3 Å². The smallest absolute Gasteiger partial charge is 0.207 e. The lowest BCUT2D eigenvalue weighted by Crippen LogP contribution is -2.22. The van der Waals surface area contributed by atoms with Crippen LogP contribution in [0.15, 0.2) is 29.4 Å². The van der Waals surface area contributed by atoms with Crippen molar-refractivity contribution in [3.63, 3.8) is 0 Å². The second-order valence-electron chi connectivity index (χ2n) is 3.95. The number of thiazole rings is 1. The van der Waals surface area contributed by atoms with Crippen molar-refractivity contribution in [3.05, 3.63) is 24.3 Å². The molecule has 0 unspecified atom stereocenters. The molecule has 0 saturated carbocycles. The Morgan fingerprint density at radius 3 is 2.94 bits per heavy atom. The molecule has 5 heteroatoms. The molecule has 0 aliphatic carbocycles. The Labute approximate surface area is 97.4 Å². The lowest BCUT2D eigenvalue weighted by Gasteiger charge is -2.15. The molecule has 1 aliphatic heterocycles. The van der Waals surface area contributed by atoms with Gasteiger partial charge in [0.05, 0.1) is 16.3 Å². The number of rotatable bonds is 1. The minimum Gasteiger partial charge on any atom is -0.386 e. The van der Waals surface area contributed by atoms with E-state index < -0.39 is 0 Å². The Hall–Kier alpha value is -1.62. The van der Waals surface area contributed by atoms with Gasteiger partial charge in [-0.3, -0.25) is 0 Å². The zero-order valence-corrected chi connectivity index (χ0v) is 9.74. The maximum absolute atomic E-state index is 5.73. The van der Waals surface area contributed by atoms with E-state index in [0.717, 1.165) is 17.1 Å². The molecule has 16 heavy (non-hydrogen) atoms. The molecule has 1 atom stereocenters. The van der Waals surface area contributed by atoms with Gasteiger partial charge in [0.1, 0.15) is 5.84 Å². The van der Waals surface area contributed by atoms with Gasteiger partial charge >= 0.3 is 0 Å². The van der Waals surface area contributed by atoms with Crippen molar-refractivity contribution in [2.24, 2.45) is 10.8 Å². The van der Waals surface area contributed by atoms with E-state index in [1.165, 1.54) is 4.70 Å². The predicted molar refractivity (Wildman–Crippen MR) is 67.8 cm³/mol. The number of nitrogens with two attached hydrogens (primary N) is 1. The van der Waals surface area contributed by atoms with Crippen LogP contribution in [0.3, 0.4) is 0 Å². The summed E-state index contributed by atoms with van der Waals surface area (Å²) < 4.78 is 1.19. The summed E-state index contributed by atoms with van der Waals surface area (Å²) in [5, 5.41) is 7.15. The number of hydrazone groups is 1. The summed E-state index contributed by atoms with van der Waals surface area (Å²) in [7, 11) is 0. The second kappa shape index (κ2) is 3.45. The van der Waals surface area contributed by atoms with Crippen LogP contribution in [0, 0.1) is 0 Å². The maximum Gasteiger partial charge on any atom is 0.207 e. The highest BCUT2D eigenvalue weighted by Gasteiger charge is 2.24. The fraction of sp³-hybridized carbons (Fsp3) is 0.273. The van der Waals surface area contributed by atoms with E-state index >= 15 is 0 Å². The molecule has 0 amide bonds. The molecule has 1 aromatic heterocycles. The third-order valence-corrected chi connectivity index (χ3v) is 3.66. The van der Waals surface area contributed by atoms with Gasteiger partial charge in [-0.15, -0.1) is 0 Å². The quantitative estimate of drug-likeness (QED) is 0.819. The SMILES string of the molecule is C[C@H]1CC(N)=NN1c1nc2ccccc2s1. The van der Waals surface area contributed by atoms with Crippen molar-refractivity contribution in [3.8, 4) is 0 Å². The summed E-state index contributed by atoms with van der Waals surface area (Å²) in [5.74, 6) is 0.687. The Balaban J connectivity index is 2.06. The van der Waals surface area contributed by atoms with Gasteiger partial charge < -0.3 is 5.73 Å². The highest BCUT2D eigenvalue weighted by molar-refractivity contribution is 7.22. The van der Waals surface area contributed by atoms with E-state index in [4.69, 9.17) is 5.73 Å². The monoisotopic (exact) mass is 232 g/mol. The first kappa shape index (κ1) is 9.59. The first-order valence-electron chi connectivity index (χ1n) is 5.22. The average molecular weight is 232 g/mol. The summed E-state index contributed by atoms with van der Waals surface area (Å²) in [6.07, 6.45) is 0.815.